The quantitative estimate of drug-likeness (QED) is 0.101. The van der Waals surface area contributed by atoms with Crippen molar-refractivity contribution < 1.29 is 17.5 Å². The zero-order valence-electron chi connectivity index (χ0n) is 21.7. The monoisotopic (exact) mass is 490 g/mol. The summed E-state index contributed by atoms with van der Waals surface area (Å²) in [6.07, 6.45) is 31.9. The van der Waals surface area contributed by atoms with E-state index in [1.165, 1.54) is 141 Å². The number of hydrogen-bond acceptors (Lipinski definition) is 2. The van der Waals surface area contributed by atoms with E-state index in [1.54, 1.807) is 0 Å². The zero-order chi connectivity index (χ0) is 24.1. The molecule has 194 valence electrons. The molecule has 0 unspecified atom stereocenters. The third kappa shape index (κ3) is 63.2. The van der Waals surface area contributed by atoms with Crippen molar-refractivity contribution in [3.63, 3.8) is 0 Å². The van der Waals surface area contributed by atoms with Gasteiger partial charge in [-0.25, -0.2) is 0 Å². The molecule has 0 aromatic heterocycles. The van der Waals surface area contributed by atoms with E-state index in [0.717, 1.165) is 0 Å². The van der Waals surface area contributed by atoms with Gasteiger partial charge < -0.3 is 0 Å². The second kappa shape index (κ2) is 36.4. The van der Waals surface area contributed by atoms with Crippen LogP contribution in [0.15, 0.2) is 0 Å². The first-order chi connectivity index (χ1) is 14.8. The van der Waals surface area contributed by atoms with Crippen LogP contribution in [0.5, 0.6) is 0 Å². The second-order valence-corrected chi connectivity index (χ2v) is 9.71. The van der Waals surface area contributed by atoms with Gasteiger partial charge in [0.25, 0.3) is 0 Å². The molecule has 0 rings (SSSR count). The first kappa shape index (κ1) is 40.1. The summed E-state index contributed by atoms with van der Waals surface area (Å²) in [5.74, 6) is 0. The molecule has 0 aliphatic rings. The molecule has 0 fully saturated rings. The normalized spacial score (nSPS) is 10.4. The van der Waals surface area contributed by atoms with Crippen molar-refractivity contribution in [3.8, 4) is 0 Å². The van der Waals surface area contributed by atoms with Crippen molar-refractivity contribution in [3.05, 3.63) is 0 Å². The van der Waals surface area contributed by atoms with E-state index in [-0.39, 0.29) is 29.6 Å². The van der Waals surface area contributed by atoms with Crippen molar-refractivity contribution in [2.24, 2.45) is 0 Å². The van der Waals surface area contributed by atoms with Gasteiger partial charge in [-0.3, -0.25) is 9.11 Å². The van der Waals surface area contributed by atoms with Crippen LogP contribution >= 0.6 is 0 Å². The summed E-state index contributed by atoms with van der Waals surface area (Å²) in [6.45, 7) is 9.13. The third-order valence-electron chi connectivity index (χ3n) is 5.41. The van der Waals surface area contributed by atoms with Gasteiger partial charge in [-0.05, 0) is 0 Å². The summed E-state index contributed by atoms with van der Waals surface area (Å²) in [5.41, 5.74) is 0. The molecule has 32 heavy (non-hydrogen) atoms. The average Bonchev–Trinajstić information content (AvgIpc) is 2.71. The van der Waals surface area contributed by atoms with Crippen LogP contribution in [-0.2, 0) is 10.4 Å². The van der Waals surface area contributed by atoms with Crippen molar-refractivity contribution in [2.75, 3.05) is 0 Å². The fourth-order valence-electron chi connectivity index (χ4n) is 3.47. The number of rotatable bonds is 20. The van der Waals surface area contributed by atoms with Crippen molar-refractivity contribution in [2.45, 2.75) is 169 Å². The van der Waals surface area contributed by atoms with Gasteiger partial charge in [0.05, 0.1) is 0 Å². The minimum atomic E-state index is -4.67. The molecule has 0 aromatic carbocycles. The van der Waals surface area contributed by atoms with E-state index in [0.29, 0.717) is 0 Å². The molecule has 0 bridgehead atoms. The Morgan fingerprint density at radius 2 is 0.469 bits per heavy atom. The fraction of sp³-hybridized carbons (Fsp3) is 1.00. The molecule has 2 N–H and O–H groups in total. The summed E-state index contributed by atoms with van der Waals surface area (Å²) in [5, 5.41) is 0. The van der Waals surface area contributed by atoms with Gasteiger partial charge in [0.15, 0.2) is 0 Å². The topological polar surface area (TPSA) is 74.6 Å². The summed E-state index contributed by atoms with van der Waals surface area (Å²) < 4.78 is 31.6. The van der Waals surface area contributed by atoms with Crippen LogP contribution in [-0.4, -0.2) is 47.1 Å². The summed E-state index contributed by atoms with van der Waals surface area (Å²) >= 11 is 0. The molecular formula is C26H59NaO4S. The molecule has 0 heterocycles. The van der Waals surface area contributed by atoms with Gasteiger partial charge in [0.1, 0.15) is 0 Å². The molecule has 0 atom stereocenters. The first-order valence-corrected chi connectivity index (χ1v) is 14.9. The Kier molecular flexibility index (Phi) is 45.6. The van der Waals surface area contributed by atoms with Crippen molar-refractivity contribution in [1.82, 2.24) is 0 Å². The molecule has 4 nitrogen and oxygen atoms in total. The first-order valence-electron chi connectivity index (χ1n) is 13.5. The summed E-state index contributed by atoms with van der Waals surface area (Å²) in [7, 11) is -4.67. The number of hydrogen-bond donors (Lipinski definition) is 2. The van der Waals surface area contributed by atoms with Gasteiger partial charge in [-0.15, -0.1) is 0 Å². The van der Waals surface area contributed by atoms with Gasteiger partial charge in [-0.2, -0.15) is 8.42 Å². The number of unbranched alkanes of at least 4 members (excludes halogenated alkanes) is 20. The summed E-state index contributed by atoms with van der Waals surface area (Å²) in [4.78, 5) is 0. The maximum atomic E-state index is 8.74. The van der Waals surface area contributed by atoms with E-state index in [9.17, 15) is 0 Å². The van der Waals surface area contributed by atoms with E-state index >= 15 is 0 Å². The second-order valence-electron chi connectivity index (χ2n) is 8.81. The Labute approximate surface area is 225 Å². The van der Waals surface area contributed by atoms with Gasteiger partial charge in [-0.1, -0.05) is 169 Å². The zero-order valence-corrected chi connectivity index (χ0v) is 22.5. The Balaban J connectivity index is -0.000000199. The molecule has 0 saturated carbocycles. The summed E-state index contributed by atoms with van der Waals surface area (Å²) in [6, 6.07) is 0. The SMILES string of the molecule is CCCCCCCCCCCC.CCCCCCCCCCCCCC.O=S(=O)(O)O.[NaH]. The van der Waals surface area contributed by atoms with E-state index in [4.69, 9.17) is 17.5 Å². The third-order valence-corrected chi connectivity index (χ3v) is 5.41. The van der Waals surface area contributed by atoms with Gasteiger partial charge >= 0.3 is 40.0 Å². The molecule has 6 heteroatoms. The van der Waals surface area contributed by atoms with Gasteiger partial charge in [0.2, 0.25) is 0 Å². The molecule has 0 saturated heterocycles. The predicted molar refractivity (Wildman–Crippen MR) is 146 cm³/mol. The van der Waals surface area contributed by atoms with E-state index in [1.807, 2.05) is 0 Å². The standard InChI is InChI=1S/C14H30.C12H26.Na.H2O4S.H/c1-3-5-7-9-11-13-14-12-10-8-6-4-2;1-3-5-7-9-11-12-10-8-6-4-2;;1-5(2,3)4;/h3-14H2,1-2H3;3-12H2,1-2H3;;(H2,1,2,3,4);. The molecule has 0 amide bonds. The average molecular weight is 491 g/mol. The Morgan fingerprint density at radius 3 is 0.562 bits per heavy atom. The van der Waals surface area contributed by atoms with Gasteiger partial charge in [0, 0.05) is 0 Å². The fourth-order valence-corrected chi connectivity index (χ4v) is 3.47. The van der Waals surface area contributed by atoms with Crippen LogP contribution < -0.4 is 0 Å². The van der Waals surface area contributed by atoms with Crippen LogP contribution in [0.25, 0.3) is 0 Å². The maximum absolute atomic E-state index is 8.74. The molecular weight excluding hydrogens is 431 g/mol. The Hall–Kier alpha value is 0.870. The predicted octanol–water partition coefficient (Wildman–Crippen LogP) is 9.33. The van der Waals surface area contributed by atoms with Crippen LogP contribution in [0.3, 0.4) is 0 Å². The Bertz CT molecular complexity index is 359. The van der Waals surface area contributed by atoms with Crippen molar-refractivity contribution >= 4 is 40.0 Å². The van der Waals surface area contributed by atoms with E-state index in [2.05, 4.69) is 27.7 Å². The Morgan fingerprint density at radius 1 is 0.375 bits per heavy atom. The van der Waals surface area contributed by atoms with Crippen LogP contribution in [0, 0.1) is 0 Å². The molecule has 0 radical (unpaired) electrons. The van der Waals surface area contributed by atoms with Crippen LogP contribution in [0.2, 0.25) is 0 Å². The minimum absolute atomic E-state index is 0. The molecule has 0 spiro atoms. The van der Waals surface area contributed by atoms with Crippen molar-refractivity contribution in [1.29, 1.82) is 0 Å². The molecule has 0 aliphatic carbocycles. The molecule has 0 aliphatic heterocycles. The van der Waals surface area contributed by atoms with Crippen LogP contribution in [0.4, 0.5) is 0 Å². The van der Waals surface area contributed by atoms with Crippen LogP contribution in [0.1, 0.15) is 169 Å². The van der Waals surface area contributed by atoms with E-state index < -0.39 is 10.4 Å². The molecule has 0 aromatic rings.